The smallest absolute Gasteiger partial charge is 0.209 e. The Morgan fingerprint density at radius 3 is 3.10 bits per heavy atom. The van der Waals surface area contributed by atoms with Gasteiger partial charge in [-0.2, -0.15) is 5.10 Å². The van der Waals surface area contributed by atoms with E-state index in [0.29, 0.717) is 0 Å². The van der Waals surface area contributed by atoms with Crippen molar-refractivity contribution in [1.29, 1.82) is 0 Å². The molecule has 8 heteroatoms. The van der Waals surface area contributed by atoms with E-state index in [0.717, 1.165) is 49.3 Å². The van der Waals surface area contributed by atoms with Crippen LogP contribution in [0.5, 0.6) is 0 Å². The maximum absolute atomic E-state index is 11.2. The van der Waals surface area contributed by atoms with Crippen LogP contribution in [0.4, 0.5) is 0 Å². The van der Waals surface area contributed by atoms with Crippen LogP contribution in [0.3, 0.4) is 0 Å². The van der Waals surface area contributed by atoms with Gasteiger partial charge in [-0.15, -0.1) is 11.3 Å². The Kier molecular flexibility index (Phi) is 4.12. The Bertz CT molecular complexity index is 707. The molecule has 0 radical (unpaired) electrons. The molecule has 0 unspecified atom stereocenters. The molecule has 1 aliphatic rings. The van der Waals surface area contributed by atoms with Gasteiger partial charge in [-0.05, 0) is 17.9 Å². The van der Waals surface area contributed by atoms with E-state index in [1.54, 1.807) is 11.3 Å². The highest BCUT2D eigenvalue weighted by atomic mass is 32.2. The Hall–Kier alpha value is -1.22. The molecule has 2 aromatic rings. The molecule has 0 bridgehead atoms. The molecule has 0 saturated carbocycles. The van der Waals surface area contributed by atoms with E-state index in [2.05, 4.69) is 37.3 Å². The molecule has 0 amide bonds. The van der Waals surface area contributed by atoms with Crippen LogP contribution < -0.4 is 4.72 Å². The fourth-order valence-electron chi connectivity index (χ4n) is 2.55. The van der Waals surface area contributed by atoms with Crippen LogP contribution in [-0.2, 0) is 36.1 Å². The normalized spacial score (nSPS) is 16.0. The second kappa shape index (κ2) is 5.88. The molecule has 0 aliphatic carbocycles. The largest absolute Gasteiger partial charge is 0.292 e. The van der Waals surface area contributed by atoms with E-state index in [-0.39, 0.29) is 6.54 Å². The van der Waals surface area contributed by atoms with Crippen molar-refractivity contribution in [3.05, 3.63) is 39.3 Å². The summed E-state index contributed by atoms with van der Waals surface area (Å²) in [5, 5.41) is 9.40. The zero-order valence-electron chi connectivity index (χ0n) is 11.8. The van der Waals surface area contributed by atoms with Crippen LogP contribution >= 0.6 is 11.3 Å². The first-order valence-electron chi connectivity index (χ1n) is 6.75. The van der Waals surface area contributed by atoms with Gasteiger partial charge >= 0.3 is 0 Å². The summed E-state index contributed by atoms with van der Waals surface area (Å²) in [5.74, 6) is 0. The molecule has 6 nitrogen and oxygen atoms in total. The Morgan fingerprint density at radius 1 is 1.52 bits per heavy atom. The lowest BCUT2D eigenvalue weighted by Crippen LogP contribution is -2.30. The van der Waals surface area contributed by atoms with Crippen molar-refractivity contribution in [2.75, 3.05) is 12.8 Å². The van der Waals surface area contributed by atoms with Crippen molar-refractivity contribution in [3.63, 3.8) is 0 Å². The molecule has 0 saturated heterocycles. The third-order valence-corrected chi connectivity index (χ3v) is 5.09. The summed E-state index contributed by atoms with van der Waals surface area (Å²) < 4.78 is 24.8. The molecule has 3 rings (SSSR count). The average molecular weight is 326 g/mol. The van der Waals surface area contributed by atoms with E-state index >= 15 is 0 Å². The average Bonchev–Trinajstić information content (AvgIpc) is 3.04. The number of thiophene rings is 1. The number of hydrogen-bond donors (Lipinski definition) is 2. The zero-order chi connectivity index (χ0) is 14.9. The first-order chi connectivity index (χ1) is 10.0. The molecule has 2 aromatic heterocycles. The number of sulfonamides is 1. The summed E-state index contributed by atoms with van der Waals surface area (Å²) in [7, 11) is -3.18. The summed E-state index contributed by atoms with van der Waals surface area (Å²) in [6.07, 6.45) is 2.06. The molecule has 0 spiro atoms. The minimum atomic E-state index is -3.18. The molecule has 114 valence electrons. The summed E-state index contributed by atoms with van der Waals surface area (Å²) in [4.78, 5) is 3.73. The van der Waals surface area contributed by atoms with Gasteiger partial charge in [0.2, 0.25) is 10.0 Å². The third-order valence-electron chi connectivity index (χ3n) is 3.56. The van der Waals surface area contributed by atoms with Gasteiger partial charge in [0.25, 0.3) is 0 Å². The zero-order valence-corrected chi connectivity index (χ0v) is 13.4. The molecule has 3 heterocycles. The number of aromatic nitrogens is 2. The fraction of sp³-hybridized carbons (Fsp3) is 0.462. The van der Waals surface area contributed by atoms with E-state index < -0.39 is 10.0 Å². The highest BCUT2D eigenvalue weighted by molar-refractivity contribution is 7.88. The topological polar surface area (TPSA) is 78.1 Å². The van der Waals surface area contributed by atoms with Crippen LogP contribution in [0.1, 0.15) is 21.8 Å². The van der Waals surface area contributed by atoms with Crippen molar-refractivity contribution >= 4 is 21.4 Å². The quantitative estimate of drug-likeness (QED) is 0.862. The molecule has 2 N–H and O–H groups in total. The molecule has 21 heavy (non-hydrogen) atoms. The minimum Gasteiger partial charge on any atom is -0.292 e. The highest BCUT2D eigenvalue weighted by Gasteiger charge is 2.22. The van der Waals surface area contributed by atoms with E-state index in [1.807, 2.05) is 0 Å². The summed E-state index contributed by atoms with van der Waals surface area (Å²) in [6.45, 7) is 3.01. The van der Waals surface area contributed by atoms with Gasteiger partial charge in [0.1, 0.15) is 0 Å². The monoisotopic (exact) mass is 326 g/mol. The van der Waals surface area contributed by atoms with E-state index in [4.69, 9.17) is 0 Å². The second-order valence-corrected chi connectivity index (χ2v) is 8.13. The molecule has 0 aromatic carbocycles. The number of H-pyrrole nitrogens is 1. The second-order valence-electron chi connectivity index (χ2n) is 5.26. The summed E-state index contributed by atoms with van der Waals surface area (Å²) in [5.41, 5.74) is 3.07. The third kappa shape index (κ3) is 3.70. The lowest BCUT2D eigenvalue weighted by atomic mass is 10.0. The Balaban J connectivity index is 1.66. The lowest BCUT2D eigenvalue weighted by molar-refractivity contribution is 0.244. The Labute approximate surface area is 128 Å². The number of fused-ring (bicyclic) bond motifs is 1. The molecule has 1 aliphatic heterocycles. The van der Waals surface area contributed by atoms with Crippen LogP contribution in [0.15, 0.2) is 17.5 Å². The number of hydrogen-bond acceptors (Lipinski definition) is 5. The van der Waals surface area contributed by atoms with Crippen LogP contribution in [0.2, 0.25) is 0 Å². The number of rotatable bonds is 5. The first kappa shape index (κ1) is 14.7. The lowest BCUT2D eigenvalue weighted by Gasteiger charge is -2.26. The van der Waals surface area contributed by atoms with Gasteiger partial charge in [-0.1, -0.05) is 6.07 Å². The van der Waals surface area contributed by atoms with E-state index in [1.165, 1.54) is 4.88 Å². The first-order valence-corrected chi connectivity index (χ1v) is 9.53. The van der Waals surface area contributed by atoms with Gasteiger partial charge in [0, 0.05) is 30.1 Å². The SMILES string of the molecule is CS(=O)(=O)NCc1n[nH]c2c1CCN(Cc1cccs1)C2. The number of aromatic amines is 1. The summed E-state index contributed by atoms with van der Waals surface area (Å²) >= 11 is 1.77. The summed E-state index contributed by atoms with van der Waals surface area (Å²) in [6, 6.07) is 4.22. The van der Waals surface area contributed by atoms with Crippen molar-refractivity contribution in [1.82, 2.24) is 19.8 Å². The number of nitrogens with zero attached hydrogens (tertiary/aromatic N) is 2. The van der Waals surface area contributed by atoms with Gasteiger partial charge in [-0.3, -0.25) is 10.00 Å². The Morgan fingerprint density at radius 2 is 2.38 bits per heavy atom. The van der Waals surface area contributed by atoms with Gasteiger partial charge in [-0.25, -0.2) is 13.1 Å². The molecular weight excluding hydrogens is 308 g/mol. The minimum absolute atomic E-state index is 0.260. The van der Waals surface area contributed by atoms with Crippen molar-refractivity contribution < 1.29 is 8.42 Å². The standard InChI is InChI=1S/C13H18N4O2S2/c1-21(18,19)14-7-12-11-4-5-17(9-13(11)16-15-12)8-10-3-2-6-20-10/h2-3,6,14H,4-5,7-9H2,1H3,(H,15,16). The predicted molar refractivity (Wildman–Crippen MR) is 82.4 cm³/mol. The maximum atomic E-state index is 11.2. The van der Waals surface area contributed by atoms with Crippen LogP contribution in [0, 0.1) is 0 Å². The van der Waals surface area contributed by atoms with Gasteiger partial charge < -0.3 is 0 Å². The van der Waals surface area contributed by atoms with Crippen molar-refractivity contribution in [3.8, 4) is 0 Å². The highest BCUT2D eigenvalue weighted by Crippen LogP contribution is 2.22. The number of nitrogens with one attached hydrogen (secondary N) is 2. The van der Waals surface area contributed by atoms with Crippen molar-refractivity contribution in [2.45, 2.75) is 26.1 Å². The van der Waals surface area contributed by atoms with Crippen molar-refractivity contribution in [2.24, 2.45) is 0 Å². The van der Waals surface area contributed by atoms with Gasteiger partial charge in [0.05, 0.1) is 24.2 Å². The fourth-order valence-corrected chi connectivity index (χ4v) is 3.69. The molecular formula is C13H18N4O2S2. The molecule has 0 fully saturated rings. The van der Waals surface area contributed by atoms with Gasteiger partial charge in [0.15, 0.2) is 0 Å². The van der Waals surface area contributed by atoms with E-state index in [9.17, 15) is 8.42 Å². The van der Waals surface area contributed by atoms with Crippen LogP contribution in [-0.4, -0.2) is 36.3 Å². The molecule has 0 atom stereocenters. The maximum Gasteiger partial charge on any atom is 0.209 e. The predicted octanol–water partition coefficient (Wildman–Crippen LogP) is 1.08. The van der Waals surface area contributed by atoms with Crippen LogP contribution in [0.25, 0.3) is 0 Å².